The number of para-hydroxylation sites is 2. The Hall–Kier alpha value is -2.85. The van der Waals surface area contributed by atoms with E-state index >= 15 is 0 Å². The highest BCUT2D eigenvalue weighted by atomic mass is 35.5. The van der Waals surface area contributed by atoms with Gasteiger partial charge in [0.15, 0.2) is 0 Å². The Morgan fingerprint density at radius 3 is 1.35 bits per heavy atom. The largest absolute Gasteiger partial charge is 0.399 e. The van der Waals surface area contributed by atoms with Gasteiger partial charge in [-0.15, -0.1) is 0 Å². The number of benzene rings is 3. The van der Waals surface area contributed by atoms with E-state index in [1.54, 1.807) is 18.2 Å². The maximum absolute atomic E-state index is 10.0. The minimum absolute atomic E-state index is 0.137. The lowest BCUT2D eigenvalue weighted by Crippen LogP contribution is -1.84. The first-order chi connectivity index (χ1) is 11.1. The van der Waals surface area contributed by atoms with Crippen LogP contribution in [0.25, 0.3) is 0 Å². The summed E-state index contributed by atoms with van der Waals surface area (Å²) in [6, 6.07) is 26.9. The van der Waals surface area contributed by atoms with Crippen molar-refractivity contribution < 1.29 is 4.92 Å². The summed E-state index contributed by atoms with van der Waals surface area (Å²) in [5, 5.41) is 10.8. The molecule has 0 saturated heterocycles. The molecule has 0 aliphatic heterocycles. The number of hydrogen-bond donors (Lipinski definition) is 1. The molecule has 0 aliphatic rings. The van der Waals surface area contributed by atoms with Crippen molar-refractivity contribution in [2.45, 2.75) is 0 Å². The van der Waals surface area contributed by atoms with Crippen LogP contribution in [0.4, 0.5) is 11.4 Å². The zero-order valence-electron chi connectivity index (χ0n) is 12.4. The minimum Gasteiger partial charge on any atom is -0.399 e. The number of hydrogen-bond acceptors (Lipinski definition) is 3. The number of nitro groups is 1. The lowest BCUT2D eigenvalue weighted by Gasteiger charge is -1.85. The van der Waals surface area contributed by atoms with Gasteiger partial charge < -0.3 is 5.73 Å². The van der Waals surface area contributed by atoms with Crippen LogP contribution in [0.15, 0.2) is 91.0 Å². The molecule has 0 fully saturated rings. The number of anilines is 1. The molecule has 0 saturated carbocycles. The molecule has 118 valence electrons. The third-order valence-corrected chi connectivity index (χ3v) is 2.75. The molecule has 23 heavy (non-hydrogen) atoms. The van der Waals surface area contributed by atoms with E-state index in [4.69, 9.17) is 17.3 Å². The van der Waals surface area contributed by atoms with Gasteiger partial charge in [0.2, 0.25) is 0 Å². The Balaban J connectivity index is 0.000000175. The second-order valence-electron chi connectivity index (χ2n) is 4.30. The second kappa shape index (κ2) is 10.8. The third kappa shape index (κ3) is 8.90. The summed E-state index contributed by atoms with van der Waals surface area (Å²) < 4.78 is 0. The van der Waals surface area contributed by atoms with Gasteiger partial charge in [0.1, 0.15) is 0 Å². The van der Waals surface area contributed by atoms with Crippen LogP contribution in [-0.4, -0.2) is 4.92 Å². The zero-order chi connectivity index (χ0) is 16.9. The molecule has 3 aromatic carbocycles. The summed E-state index contributed by atoms with van der Waals surface area (Å²) in [4.78, 5) is 9.59. The highest BCUT2D eigenvalue weighted by molar-refractivity contribution is 6.30. The lowest BCUT2D eigenvalue weighted by molar-refractivity contribution is -0.384. The highest BCUT2D eigenvalue weighted by Gasteiger charge is 1.98. The zero-order valence-corrected chi connectivity index (χ0v) is 13.1. The van der Waals surface area contributed by atoms with E-state index in [-0.39, 0.29) is 5.69 Å². The Morgan fingerprint density at radius 2 is 1.13 bits per heavy atom. The summed E-state index contributed by atoms with van der Waals surface area (Å²) in [5.41, 5.74) is 6.32. The Bertz CT molecular complexity index is 640. The number of nitro benzene ring substituents is 1. The molecule has 0 amide bonds. The molecule has 2 N–H and O–H groups in total. The third-order valence-electron chi connectivity index (χ3n) is 2.50. The van der Waals surface area contributed by atoms with Gasteiger partial charge in [-0.3, -0.25) is 10.1 Å². The van der Waals surface area contributed by atoms with E-state index < -0.39 is 4.92 Å². The predicted molar refractivity (Wildman–Crippen MR) is 95.4 cm³/mol. The van der Waals surface area contributed by atoms with Gasteiger partial charge in [0, 0.05) is 22.8 Å². The summed E-state index contributed by atoms with van der Waals surface area (Å²) in [6.45, 7) is 0. The van der Waals surface area contributed by atoms with Gasteiger partial charge in [0.05, 0.1) is 4.92 Å². The highest BCUT2D eigenvalue weighted by Crippen LogP contribution is 2.06. The van der Waals surface area contributed by atoms with Crippen molar-refractivity contribution in [2.75, 3.05) is 5.73 Å². The fourth-order valence-electron chi connectivity index (χ4n) is 1.42. The van der Waals surface area contributed by atoms with Crippen molar-refractivity contribution in [3.63, 3.8) is 0 Å². The number of nitrogens with two attached hydrogens (primary N) is 1. The molecule has 0 atom stereocenters. The topological polar surface area (TPSA) is 69.2 Å². The minimum atomic E-state index is -0.417. The monoisotopic (exact) mass is 328 g/mol. The number of halogens is 1. The van der Waals surface area contributed by atoms with Crippen LogP contribution < -0.4 is 5.73 Å². The Morgan fingerprint density at radius 1 is 0.739 bits per heavy atom. The molecule has 0 bridgehead atoms. The maximum atomic E-state index is 10.0. The van der Waals surface area contributed by atoms with Crippen molar-refractivity contribution in [3.8, 4) is 0 Å². The fourth-order valence-corrected chi connectivity index (χ4v) is 1.56. The van der Waals surface area contributed by atoms with Crippen LogP contribution in [0.3, 0.4) is 0 Å². The molecule has 0 radical (unpaired) electrons. The average molecular weight is 329 g/mol. The molecule has 0 heterocycles. The van der Waals surface area contributed by atoms with Crippen molar-refractivity contribution in [3.05, 3.63) is 106 Å². The van der Waals surface area contributed by atoms with Gasteiger partial charge in [-0.25, -0.2) is 0 Å². The molecule has 3 aromatic rings. The smallest absolute Gasteiger partial charge is 0.269 e. The SMILES string of the molecule is Clc1ccccc1.Nc1ccccc1.O=[N+]([O-])c1ccccc1. The van der Waals surface area contributed by atoms with Gasteiger partial charge in [-0.2, -0.15) is 0 Å². The van der Waals surface area contributed by atoms with Crippen molar-refractivity contribution >= 4 is 23.0 Å². The van der Waals surface area contributed by atoms with E-state index in [1.165, 1.54) is 12.1 Å². The number of nitrogens with zero attached hydrogens (tertiary/aromatic N) is 1. The Labute approximate surface area is 140 Å². The van der Waals surface area contributed by atoms with Gasteiger partial charge in [-0.1, -0.05) is 66.2 Å². The first-order valence-corrected chi connectivity index (χ1v) is 7.18. The molecule has 5 heteroatoms. The van der Waals surface area contributed by atoms with Crippen LogP contribution >= 0.6 is 11.6 Å². The first kappa shape index (κ1) is 18.2. The lowest BCUT2D eigenvalue weighted by atomic mass is 10.3. The van der Waals surface area contributed by atoms with Crippen LogP contribution in [-0.2, 0) is 0 Å². The van der Waals surface area contributed by atoms with E-state index in [1.807, 2.05) is 60.7 Å². The molecular weight excluding hydrogens is 312 g/mol. The van der Waals surface area contributed by atoms with Crippen molar-refractivity contribution in [1.82, 2.24) is 0 Å². The molecule has 0 aliphatic carbocycles. The number of nitrogen functional groups attached to an aromatic ring is 1. The summed E-state index contributed by atoms with van der Waals surface area (Å²) in [7, 11) is 0. The van der Waals surface area contributed by atoms with E-state index in [0.717, 1.165) is 10.7 Å². The van der Waals surface area contributed by atoms with Crippen LogP contribution in [0.1, 0.15) is 0 Å². The normalized spacial score (nSPS) is 8.74. The molecular formula is C18H17ClN2O2. The first-order valence-electron chi connectivity index (χ1n) is 6.80. The van der Waals surface area contributed by atoms with Crippen LogP contribution in [0.2, 0.25) is 5.02 Å². The maximum Gasteiger partial charge on any atom is 0.269 e. The molecule has 0 aromatic heterocycles. The Kier molecular flexibility index (Phi) is 8.56. The van der Waals surface area contributed by atoms with Gasteiger partial charge >= 0.3 is 0 Å². The van der Waals surface area contributed by atoms with E-state index in [0.29, 0.717) is 0 Å². The number of non-ortho nitro benzene ring substituents is 1. The quantitative estimate of drug-likeness (QED) is 0.379. The molecule has 3 rings (SSSR count). The summed E-state index contributed by atoms with van der Waals surface area (Å²) in [5.74, 6) is 0. The van der Waals surface area contributed by atoms with E-state index in [2.05, 4.69) is 0 Å². The molecule has 0 unspecified atom stereocenters. The van der Waals surface area contributed by atoms with Crippen LogP contribution in [0.5, 0.6) is 0 Å². The van der Waals surface area contributed by atoms with Gasteiger partial charge in [-0.05, 0) is 24.3 Å². The van der Waals surface area contributed by atoms with Crippen molar-refractivity contribution in [1.29, 1.82) is 0 Å². The predicted octanol–water partition coefficient (Wildman–Crippen LogP) is 5.20. The van der Waals surface area contributed by atoms with E-state index in [9.17, 15) is 10.1 Å². The standard InChI is InChI=1S/C6H5Cl.C6H5NO2.C6H7N/c7-6-4-2-1-3-5-6;8-7(9)6-4-2-1-3-5-6;7-6-4-2-1-3-5-6/h1-5H;1-5H;1-5H,7H2. The van der Waals surface area contributed by atoms with Gasteiger partial charge in [0.25, 0.3) is 5.69 Å². The summed E-state index contributed by atoms with van der Waals surface area (Å²) in [6.07, 6.45) is 0. The fraction of sp³-hybridized carbons (Fsp3) is 0. The molecule has 0 spiro atoms. The van der Waals surface area contributed by atoms with Crippen LogP contribution in [0, 0.1) is 10.1 Å². The summed E-state index contributed by atoms with van der Waals surface area (Å²) >= 11 is 5.54. The molecule has 4 nitrogen and oxygen atoms in total. The average Bonchev–Trinajstić information content (AvgIpc) is 2.58. The second-order valence-corrected chi connectivity index (χ2v) is 4.74. The van der Waals surface area contributed by atoms with Crippen molar-refractivity contribution in [2.24, 2.45) is 0 Å². The number of rotatable bonds is 1.